The van der Waals surface area contributed by atoms with Crippen LogP contribution in [-0.4, -0.2) is 59.9 Å². The van der Waals surface area contributed by atoms with Gasteiger partial charge in [-0.3, -0.25) is 9.59 Å². The zero-order valence-corrected chi connectivity index (χ0v) is 18.1. The highest BCUT2D eigenvalue weighted by atomic mass is 79.9. The first-order chi connectivity index (χ1) is 13.7. The Kier molecular flexibility index (Phi) is 8.02. The van der Waals surface area contributed by atoms with E-state index in [9.17, 15) is 14.4 Å². The number of methoxy groups -OCH3 is 2. The number of ether oxygens (including phenoxy) is 3. The number of carboxylic acids is 1. The second-order valence-electron chi connectivity index (χ2n) is 5.66. The van der Waals surface area contributed by atoms with Gasteiger partial charge in [0.2, 0.25) is 5.91 Å². The van der Waals surface area contributed by atoms with E-state index in [-0.39, 0.29) is 11.6 Å². The van der Waals surface area contributed by atoms with Gasteiger partial charge in [0.15, 0.2) is 22.8 Å². The minimum atomic E-state index is -1.07. The fourth-order valence-electron chi connectivity index (χ4n) is 2.21. The van der Waals surface area contributed by atoms with E-state index in [2.05, 4.69) is 36.2 Å². The lowest BCUT2D eigenvalue weighted by Gasteiger charge is -2.17. The Morgan fingerprint density at radius 3 is 2.76 bits per heavy atom. The molecule has 2 unspecified atom stereocenters. The van der Waals surface area contributed by atoms with E-state index in [0.717, 1.165) is 11.8 Å². The molecule has 1 aliphatic heterocycles. The van der Waals surface area contributed by atoms with E-state index < -0.39 is 29.2 Å². The third kappa shape index (κ3) is 6.19. The van der Waals surface area contributed by atoms with Crippen molar-refractivity contribution in [2.24, 2.45) is 10.2 Å². The standard InChI is InChI=1S/C17H18BrN3O7S/c1-8(16(25)27-3)28-14-10(18)4-9(5-11(14)26-2)7-19-21-17-20-15(24)12(29-17)6-13(22)23/h4-5,7-8,12H,6H2,1-3H3,(H,22,23)(H,20,21,24). The highest BCUT2D eigenvalue weighted by molar-refractivity contribution is 9.10. The number of amides is 1. The lowest BCUT2D eigenvalue weighted by Crippen LogP contribution is -2.26. The van der Waals surface area contributed by atoms with Crippen LogP contribution < -0.4 is 14.8 Å². The summed E-state index contributed by atoms with van der Waals surface area (Å²) in [6.07, 6.45) is 0.290. The Morgan fingerprint density at radius 1 is 1.41 bits per heavy atom. The van der Waals surface area contributed by atoms with Crippen LogP contribution in [0.15, 0.2) is 26.8 Å². The maximum Gasteiger partial charge on any atom is 0.346 e. The maximum absolute atomic E-state index is 11.7. The number of halogens is 1. The molecule has 0 aromatic heterocycles. The molecule has 0 bridgehead atoms. The maximum atomic E-state index is 11.7. The number of carbonyl (C=O) groups is 3. The van der Waals surface area contributed by atoms with Crippen LogP contribution in [0, 0.1) is 0 Å². The summed E-state index contributed by atoms with van der Waals surface area (Å²) in [5, 5.41) is 18.5. The third-order valence-electron chi connectivity index (χ3n) is 3.57. The van der Waals surface area contributed by atoms with Gasteiger partial charge in [0.1, 0.15) is 5.25 Å². The average Bonchev–Trinajstić information content (AvgIpc) is 3.01. The molecular formula is C17H18BrN3O7S. The van der Waals surface area contributed by atoms with Gasteiger partial charge in [-0.05, 0) is 40.5 Å². The number of nitrogens with zero attached hydrogens (tertiary/aromatic N) is 2. The lowest BCUT2D eigenvalue weighted by molar-refractivity contribution is -0.148. The predicted octanol–water partition coefficient (Wildman–Crippen LogP) is 1.79. The zero-order chi connectivity index (χ0) is 21.6. The number of hydrogen-bond acceptors (Lipinski definition) is 9. The molecule has 1 amide bonds. The van der Waals surface area contributed by atoms with Crippen molar-refractivity contribution in [3.8, 4) is 11.5 Å². The molecular weight excluding hydrogens is 470 g/mol. The molecule has 2 rings (SSSR count). The number of thioether (sulfide) groups is 1. The zero-order valence-electron chi connectivity index (χ0n) is 15.7. The van der Waals surface area contributed by atoms with Gasteiger partial charge in [-0.15, -0.1) is 5.10 Å². The van der Waals surface area contributed by atoms with E-state index in [1.807, 2.05) is 0 Å². The summed E-state index contributed by atoms with van der Waals surface area (Å²) in [5.74, 6) is -1.34. The molecule has 156 valence electrons. The largest absolute Gasteiger partial charge is 0.493 e. The molecule has 1 aromatic carbocycles. The highest BCUT2D eigenvalue weighted by Crippen LogP contribution is 2.37. The van der Waals surface area contributed by atoms with Crippen molar-refractivity contribution >= 4 is 56.9 Å². The first-order valence-electron chi connectivity index (χ1n) is 8.17. The van der Waals surface area contributed by atoms with Gasteiger partial charge >= 0.3 is 11.9 Å². The molecule has 29 heavy (non-hydrogen) atoms. The van der Waals surface area contributed by atoms with E-state index in [0.29, 0.717) is 21.5 Å². The summed E-state index contributed by atoms with van der Waals surface area (Å²) < 4.78 is 16.1. The molecule has 12 heteroatoms. The van der Waals surface area contributed by atoms with Crippen molar-refractivity contribution in [2.45, 2.75) is 24.7 Å². The molecule has 0 radical (unpaired) electrons. The summed E-state index contributed by atoms with van der Waals surface area (Å²) >= 11 is 4.37. The summed E-state index contributed by atoms with van der Waals surface area (Å²) in [6, 6.07) is 3.31. The van der Waals surface area contributed by atoms with Gasteiger partial charge in [-0.1, -0.05) is 11.8 Å². The summed E-state index contributed by atoms with van der Waals surface area (Å²) in [5.41, 5.74) is 0.604. The number of rotatable bonds is 8. The van der Waals surface area contributed by atoms with Crippen LogP contribution in [-0.2, 0) is 19.1 Å². The van der Waals surface area contributed by atoms with Crippen LogP contribution in [0.3, 0.4) is 0 Å². The molecule has 0 saturated carbocycles. The van der Waals surface area contributed by atoms with Crippen LogP contribution in [0.1, 0.15) is 18.9 Å². The minimum absolute atomic E-state index is 0.218. The fraction of sp³-hybridized carbons (Fsp3) is 0.353. The highest BCUT2D eigenvalue weighted by Gasteiger charge is 2.32. The molecule has 1 aliphatic rings. The van der Waals surface area contributed by atoms with Gasteiger partial charge in [0.05, 0.1) is 31.3 Å². The minimum Gasteiger partial charge on any atom is -0.493 e. The second-order valence-corrected chi connectivity index (χ2v) is 7.71. The number of aliphatic carboxylic acids is 1. The summed E-state index contributed by atoms with van der Waals surface area (Å²) in [6.45, 7) is 1.55. The molecule has 1 aromatic rings. The number of benzene rings is 1. The smallest absolute Gasteiger partial charge is 0.346 e. The molecule has 10 nitrogen and oxygen atoms in total. The second kappa shape index (κ2) is 10.3. The first kappa shape index (κ1) is 22.7. The molecule has 2 N–H and O–H groups in total. The Labute approximate surface area is 178 Å². The van der Waals surface area contributed by atoms with Gasteiger partial charge in [0.25, 0.3) is 0 Å². The van der Waals surface area contributed by atoms with Crippen molar-refractivity contribution in [3.05, 3.63) is 22.2 Å². The van der Waals surface area contributed by atoms with Gasteiger partial charge in [-0.25, -0.2) is 4.79 Å². The van der Waals surface area contributed by atoms with E-state index in [1.54, 1.807) is 19.1 Å². The van der Waals surface area contributed by atoms with Crippen LogP contribution >= 0.6 is 27.7 Å². The Hall–Kier alpha value is -2.60. The van der Waals surface area contributed by atoms with Crippen molar-refractivity contribution in [1.29, 1.82) is 0 Å². The number of carboxylic acid groups (broad SMARTS) is 1. The normalized spacial score (nSPS) is 18.6. The summed E-state index contributed by atoms with van der Waals surface area (Å²) in [7, 11) is 2.72. The van der Waals surface area contributed by atoms with Crippen LogP contribution in [0.4, 0.5) is 0 Å². The molecule has 1 saturated heterocycles. The number of hydrogen-bond donors (Lipinski definition) is 2. The topological polar surface area (TPSA) is 136 Å². The molecule has 2 atom stereocenters. The van der Waals surface area contributed by atoms with Crippen LogP contribution in [0.25, 0.3) is 0 Å². The molecule has 0 aliphatic carbocycles. The number of esters is 1. The van der Waals surface area contributed by atoms with Crippen molar-refractivity contribution in [2.75, 3.05) is 14.2 Å². The van der Waals surface area contributed by atoms with Crippen molar-refractivity contribution < 1.29 is 33.7 Å². The quantitative estimate of drug-likeness (QED) is 0.321. The van der Waals surface area contributed by atoms with E-state index in [1.165, 1.54) is 20.4 Å². The van der Waals surface area contributed by atoms with Crippen LogP contribution in [0.2, 0.25) is 0 Å². The number of amidine groups is 1. The SMILES string of the molecule is COC(=O)C(C)Oc1c(Br)cc(C=NN=C2NC(=O)C(CC(=O)O)S2)cc1OC. The fourth-order valence-corrected chi connectivity index (χ4v) is 3.68. The van der Waals surface area contributed by atoms with Gasteiger partial charge in [0, 0.05) is 0 Å². The van der Waals surface area contributed by atoms with Crippen molar-refractivity contribution in [1.82, 2.24) is 5.32 Å². The number of carbonyl (C=O) groups excluding carboxylic acids is 2. The van der Waals surface area contributed by atoms with Gasteiger partial charge < -0.3 is 24.6 Å². The average molecular weight is 488 g/mol. The Balaban J connectivity index is 2.13. The van der Waals surface area contributed by atoms with Gasteiger partial charge in [-0.2, -0.15) is 5.10 Å². The Morgan fingerprint density at radius 2 is 2.14 bits per heavy atom. The lowest BCUT2D eigenvalue weighted by atomic mass is 10.2. The predicted molar refractivity (Wildman–Crippen MR) is 110 cm³/mol. The number of nitrogens with one attached hydrogen (secondary N) is 1. The summed E-state index contributed by atoms with van der Waals surface area (Å²) in [4.78, 5) is 34.0. The van der Waals surface area contributed by atoms with E-state index in [4.69, 9.17) is 14.6 Å². The molecule has 1 fully saturated rings. The Bertz CT molecular complexity index is 875. The van der Waals surface area contributed by atoms with E-state index >= 15 is 0 Å². The van der Waals surface area contributed by atoms with Crippen LogP contribution in [0.5, 0.6) is 11.5 Å². The molecule has 1 heterocycles. The molecule has 0 spiro atoms. The monoisotopic (exact) mass is 487 g/mol. The third-order valence-corrected chi connectivity index (χ3v) is 5.23. The first-order valence-corrected chi connectivity index (χ1v) is 9.84. The van der Waals surface area contributed by atoms with Crippen molar-refractivity contribution in [3.63, 3.8) is 0 Å².